The Balaban J connectivity index is 1.56. The zero-order valence-electron chi connectivity index (χ0n) is 15.2. The third kappa shape index (κ3) is 3.32. The van der Waals surface area contributed by atoms with Crippen LogP contribution in [-0.2, 0) is 6.61 Å². The highest BCUT2D eigenvalue weighted by molar-refractivity contribution is 6.09. The number of halogens is 1. The maximum Gasteiger partial charge on any atom is 0.262 e. The van der Waals surface area contributed by atoms with E-state index in [-0.39, 0.29) is 18.3 Å². The summed E-state index contributed by atoms with van der Waals surface area (Å²) in [6.45, 7) is 3.46. The van der Waals surface area contributed by atoms with Gasteiger partial charge in [0.05, 0.1) is 11.2 Å². The Morgan fingerprint density at radius 3 is 2.82 bits per heavy atom. The van der Waals surface area contributed by atoms with Gasteiger partial charge < -0.3 is 14.6 Å². The monoisotopic (exact) mass is 380 g/mol. The van der Waals surface area contributed by atoms with Crippen LogP contribution in [0, 0.1) is 19.7 Å². The summed E-state index contributed by atoms with van der Waals surface area (Å²) in [7, 11) is 0. The summed E-state index contributed by atoms with van der Waals surface area (Å²) in [5.41, 5.74) is 2.07. The lowest BCUT2D eigenvalue weighted by molar-refractivity contribution is 0.102. The Labute approximate surface area is 159 Å². The number of aromatic amines is 1. The topological polar surface area (TPSA) is 93.0 Å². The van der Waals surface area contributed by atoms with Crippen molar-refractivity contribution in [2.45, 2.75) is 20.5 Å². The second kappa shape index (κ2) is 7.15. The van der Waals surface area contributed by atoms with Crippen molar-refractivity contribution in [3.05, 3.63) is 70.9 Å². The van der Waals surface area contributed by atoms with E-state index in [1.54, 1.807) is 50.2 Å². The molecule has 1 amide bonds. The number of carbonyl (C=O) groups is 1. The average Bonchev–Trinajstić information content (AvgIpc) is 3.23. The van der Waals surface area contributed by atoms with E-state index in [0.717, 1.165) is 5.52 Å². The zero-order valence-corrected chi connectivity index (χ0v) is 15.2. The molecule has 0 saturated carbocycles. The van der Waals surface area contributed by atoms with E-state index in [2.05, 4.69) is 20.7 Å². The minimum Gasteiger partial charge on any atom is -0.489 e. The summed E-state index contributed by atoms with van der Waals surface area (Å²) in [5, 5.41) is 14.2. The third-order valence-electron chi connectivity index (χ3n) is 4.38. The predicted octanol–water partition coefficient (Wildman–Crippen LogP) is 4.14. The molecule has 0 aliphatic heterocycles. The Morgan fingerprint density at radius 2 is 2.07 bits per heavy atom. The molecule has 7 nitrogen and oxygen atoms in total. The molecule has 0 bridgehead atoms. The number of nitrogens with zero attached hydrogens (tertiary/aromatic N) is 2. The van der Waals surface area contributed by atoms with Crippen molar-refractivity contribution >= 4 is 22.6 Å². The lowest BCUT2D eigenvalue weighted by atomic mass is 10.2. The van der Waals surface area contributed by atoms with E-state index in [0.29, 0.717) is 39.5 Å². The van der Waals surface area contributed by atoms with Gasteiger partial charge in [-0.05, 0) is 38.1 Å². The highest BCUT2D eigenvalue weighted by Crippen LogP contribution is 2.27. The molecule has 0 fully saturated rings. The van der Waals surface area contributed by atoms with Gasteiger partial charge in [0, 0.05) is 10.9 Å². The van der Waals surface area contributed by atoms with E-state index in [1.807, 2.05) is 0 Å². The van der Waals surface area contributed by atoms with Gasteiger partial charge in [0.2, 0.25) is 0 Å². The summed E-state index contributed by atoms with van der Waals surface area (Å²) < 4.78 is 24.5. The molecular weight excluding hydrogens is 363 g/mol. The number of hydrogen-bond acceptors (Lipinski definition) is 5. The number of anilines is 1. The van der Waals surface area contributed by atoms with Crippen molar-refractivity contribution < 1.29 is 18.4 Å². The Kier molecular flexibility index (Phi) is 4.52. The van der Waals surface area contributed by atoms with Gasteiger partial charge in [0.15, 0.2) is 5.82 Å². The molecule has 2 N–H and O–H groups in total. The third-order valence-corrected chi connectivity index (χ3v) is 4.38. The molecule has 2 aromatic carbocycles. The molecular formula is C20H17FN4O3. The number of aryl methyl sites for hydroxylation is 2. The van der Waals surface area contributed by atoms with E-state index in [9.17, 15) is 9.18 Å². The molecule has 0 spiro atoms. The number of nitrogens with one attached hydrogen (secondary N) is 2. The predicted molar refractivity (Wildman–Crippen MR) is 101 cm³/mol. The van der Waals surface area contributed by atoms with Crippen LogP contribution in [0.4, 0.5) is 10.2 Å². The SMILES string of the molecule is Cc1noc(C)c1C(=O)Nc1n[nH]c2ccc(OCc3ccccc3F)cc12. The van der Waals surface area contributed by atoms with Gasteiger partial charge >= 0.3 is 0 Å². The van der Waals surface area contributed by atoms with E-state index < -0.39 is 0 Å². The number of hydrogen-bond donors (Lipinski definition) is 2. The summed E-state index contributed by atoms with van der Waals surface area (Å²) in [6, 6.07) is 11.7. The number of rotatable bonds is 5. The molecule has 2 heterocycles. The number of carbonyl (C=O) groups excluding carboxylic acids is 1. The Morgan fingerprint density at radius 1 is 1.25 bits per heavy atom. The molecule has 4 aromatic rings. The highest BCUT2D eigenvalue weighted by atomic mass is 19.1. The fourth-order valence-corrected chi connectivity index (χ4v) is 2.93. The van der Waals surface area contributed by atoms with Crippen LogP contribution in [0.3, 0.4) is 0 Å². The number of H-pyrrole nitrogens is 1. The van der Waals surface area contributed by atoms with Crippen molar-refractivity contribution in [2.24, 2.45) is 0 Å². The van der Waals surface area contributed by atoms with Crippen LogP contribution < -0.4 is 10.1 Å². The maximum atomic E-state index is 13.7. The smallest absolute Gasteiger partial charge is 0.262 e. The van der Waals surface area contributed by atoms with Crippen LogP contribution in [0.15, 0.2) is 47.0 Å². The molecule has 0 unspecified atom stereocenters. The average molecular weight is 380 g/mol. The van der Waals surface area contributed by atoms with Crippen molar-refractivity contribution in [2.75, 3.05) is 5.32 Å². The second-order valence-electron chi connectivity index (χ2n) is 6.31. The van der Waals surface area contributed by atoms with E-state index >= 15 is 0 Å². The van der Waals surface area contributed by atoms with Crippen LogP contribution in [0.2, 0.25) is 0 Å². The second-order valence-corrected chi connectivity index (χ2v) is 6.31. The van der Waals surface area contributed by atoms with Gasteiger partial charge in [-0.1, -0.05) is 23.4 Å². The number of ether oxygens (including phenoxy) is 1. The quantitative estimate of drug-likeness (QED) is 0.543. The molecule has 0 aliphatic carbocycles. The van der Waals surface area contributed by atoms with Gasteiger partial charge in [-0.15, -0.1) is 0 Å². The molecule has 0 saturated heterocycles. The number of aromatic nitrogens is 3. The first-order chi connectivity index (χ1) is 13.5. The highest BCUT2D eigenvalue weighted by Gasteiger charge is 2.19. The molecule has 4 rings (SSSR count). The van der Waals surface area contributed by atoms with Crippen molar-refractivity contribution in [3.8, 4) is 5.75 Å². The van der Waals surface area contributed by atoms with Crippen LogP contribution in [0.5, 0.6) is 5.75 Å². The van der Waals surface area contributed by atoms with Crippen LogP contribution in [-0.4, -0.2) is 21.3 Å². The first-order valence-electron chi connectivity index (χ1n) is 8.61. The maximum absolute atomic E-state index is 13.7. The van der Waals surface area contributed by atoms with Gasteiger partial charge in [0.25, 0.3) is 5.91 Å². The largest absolute Gasteiger partial charge is 0.489 e. The van der Waals surface area contributed by atoms with Crippen LogP contribution in [0.25, 0.3) is 10.9 Å². The van der Waals surface area contributed by atoms with E-state index in [4.69, 9.17) is 9.26 Å². The minimum atomic E-state index is -0.359. The standard InChI is InChI=1S/C20H17FN4O3/c1-11-18(12(2)28-25-11)20(26)22-19-15-9-14(7-8-17(15)23-24-19)27-10-13-5-3-4-6-16(13)21/h3-9H,10H2,1-2H3,(H2,22,23,24,26). The molecule has 0 aliphatic rings. The van der Waals surface area contributed by atoms with Crippen LogP contribution in [0.1, 0.15) is 27.4 Å². The molecule has 28 heavy (non-hydrogen) atoms. The number of fused-ring (bicyclic) bond motifs is 1. The number of amides is 1. The zero-order chi connectivity index (χ0) is 19.7. The molecule has 8 heteroatoms. The fourth-order valence-electron chi connectivity index (χ4n) is 2.93. The summed E-state index contributed by atoms with van der Waals surface area (Å²) in [5.74, 6) is 0.645. The molecule has 142 valence electrons. The van der Waals surface area contributed by atoms with Gasteiger partial charge in [-0.2, -0.15) is 5.10 Å². The minimum absolute atomic E-state index is 0.0940. The molecule has 0 atom stereocenters. The lowest BCUT2D eigenvalue weighted by Crippen LogP contribution is -2.14. The molecule has 0 radical (unpaired) electrons. The van der Waals surface area contributed by atoms with E-state index in [1.165, 1.54) is 6.07 Å². The Hall–Kier alpha value is -3.68. The number of benzene rings is 2. The first-order valence-corrected chi connectivity index (χ1v) is 8.61. The first kappa shape index (κ1) is 17.7. The summed E-state index contributed by atoms with van der Waals surface area (Å²) in [6.07, 6.45) is 0. The van der Waals surface area contributed by atoms with Gasteiger partial charge in [0.1, 0.15) is 29.5 Å². The fraction of sp³-hybridized carbons (Fsp3) is 0.150. The summed E-state index contributed by atoms with van der Waals surface area (Å²) >= 11 is 0. The van der Waals surface area contributed by atoms with Crippen molar-refractivity contribution in [1.29, 1.82) is 0 Å². The van der Waals surface area contributed by atoms with Crippen molar-refractivity contribution in [1.82, 2.24) is 15.4 Å². The Bertz CT molecular complexity index is 1150. The van der Waals surface area contributed by atoms with Gasteiger partial charge in [-0.25, -0.2) is 4.39 Å². The van der Waals surface area contributed by atoms with Crippen molar-refractivity contribution in [3.63, 3.8) is 0 Å². The summed E-state index contributed by atoms with van der Waals surface area (Å²) in [4.78, 5) is 12.6. The normalized spacial score (nSPS) is 11.0. The lowest BCUT2D eigenvalue weighted by Gasteiger charge is -2.08. The van der Waals surface area contributed by atoms with Crippen LogP contribution >= 0.6 is 0 Å². The van der Waals surface area contributed by atoms with Gasteiger partial charge in [-0.3, -0.25) is 9.89 Å². The molecule has 2 aromatic heterocycles.